The largest absolute Gasteiger partial charge is 0.493 e. The fraction of sp³-hybridized carbons (Fsp3) is 0.375. The molecule has 0 unspecified atom stereocenters. The molecule has 6 nitrogen and oxygen atoms in total. The zero-order valence-corrected chi connectivity index (χ0v) is 17.7. The summed E-state index contributed by atoms with van der Waals surface area (Å²) in [7, 11) is 4.74. The minimum atomic E-state index is 0.127. The van der Waals surface area contributed by atoms with Gasteiger partial charge in [0.1, 0.15) is 0 Å². The Labute approximate surface area is 176 Å². The van der Waals surface area contributed by atoms with E-state index in [0.717, 1.165) is 31.5 Å². The first-order valence-electron chi connectivity index (χ1n) is 10.3. The molecule has 1 N–H and O–H groups in total. The number of hydrogen-bond donors (Lipinski definition) is 1. The molecule has 0 aliphatic carbocycles. The maximum Gasteiger partial charge on any atom is 0.226 e. The Morgan fingerprint density at radius 3 is 2.33 bits per heavy atom. The number of benzene rings is 2. The summed E-state index contributed by atoms with van der Waals surface area (Å²) < 4.78 is 16.2. The van der Waals surface area contributed by atoms with Crippen LogP contribution >= 0.6 is 0 Å². The molecule has 0 radical (unpaired) electrons. The smallest absolute Gasteiger partial charge is 0.226 e. The van der Waals surface area contributed by atoms with E-state index in [1.165, 1.54) is 16.5 Å². The molecule has 3 aromatic rings. The number of fused-ring (bicyclic) bond motifs is 1. The van der Waals surface area contributed by atoms with Gasteiger partial charge in [0, 0.05) is 30.2 Å². The lowest BCUT2D eigenvalue weighted by Gasteiger charge is -2.32. The molecule has 0 spiro atoms. The van der Waals surface area contributed by atoms with Crippen molar-refractivity contribution >= 4 is 16.8 Å². The Morgan fingerprint density at radius 1 is 1.03 bits per heavy atom. The first kappa shape index (κ1) is 20.1. The van der Waals surface area contributed by atoms with Gasteiger partial charge in [-0.3, -0.25) is 4.79 Å². The highest BCUT2D eigenvalue weighted by molar-refractivity contribution is 5.84. The van der Waals surface area contributed by atoms with Crippen LogP contribution in [0.4, 0.5) is 0 Å². The van der Waals surface area contributed by atoms with Crippen molar-refractivity contribution in [2.45, 2.75) is 25.2 Å². The first-order chi connectivity index (χ1) is 14.6. The van der Waals surface area contributed by atoms with E-state index in [0.29, 0.717) is 29.6 Å². The molecule has 1 aliphatic heterocycles. The normalized spacial score (nSPS) is 14.7. The van der Waals surface area contributed by atoms with Gasteiger partial charge in [0.15, 0.2) is 11.5 Å². The average molecular weight is 408 g/mol. The third kappa shape index (κ3) is 3.82. The molecular formula is C24H28N2O4. The second kappa shape index (κ2) is 8.69. The van der Waals surface area contributed by atoms with Crippen molar-refractivity contribution in [1.82, 2.24) is 9.88 Å². The maximum atomic E-state index is 12.9. The number of nitrogens with one attached hydrogen (secondary N) is 1. The summed E-state index contributed by atoms with van der Waals surface area (Å²) in [6, 6.07) is 12.1. The molecule has 0 atom stereocenters. The number of nitrogens with zero attached hydrogens (tertiary/aromatic N) is 1. The van der Waals surface area contributed by atoms with Crippen LogP contribution in [0.2, 0.25) is 0 Å². The zero-order valence-electron chi connectivity index (χ0n) is 17.7. The Bertz CT molecular complexity index is 1010. The minimum absolute atomic E-state index is 0.127. The van der Waals surface area contributed by atoms with Gasteiger partial charge < -0.3 is 24.1 Å². The summed E-state index contributed by atoms with van der Waals surface area (Å²) in [6.07, 6.45) is 4.39. The van der Waals surface area contributed by atoms with Crippen LogP contribution in [0.1, 0.15) is 29.9 Å². The van der Waals surface area contributed by atoms with Crippen molar-refractivity contribution in [3.05, 3.63) is 53.7 Å². The van der Waals surface area contributed by atoms with Gasteiger partial charge in [0.25, 0.3) is 0 Å². The molecule has 0 saturated carbocycles. The van der Waals surface area contributed by atoms with Crippen molar-refractivity contribution in [2.75, 3.05) is 34.4 Å². The number of ether oxygens (including phenoxy) is 3. The minimum Gasteiger partial charge on any atom is -0.493 e. The molecule has 1 fully saturated rings. The highest BCUT2D eigenvalue weighted by Crippen LogP contribution is 2.38. The van der Waals surface area contributed by atoms with Gasteiger partial charge in [-0.15, -0.1) is 0 Å². The second-order valence-electron chi connectivity index (χ2n) is 7.66. The molecule has 2 aromatic carbocycles. The van der Waals surface area contributed by atoms with Crippen molar-refractivity contribution < 1.29 is 19.0 Å². The van der Waals surface area contributed by atoms with Gasteiger partial charge in [-0.25, -0.2) is 0 Å². The van der Waals surface area contributed by atoms with Crippen LogP contribution in [-0.2, 0) is 11.2 Å². The monoisotopic (exact) mass is 408 g/mol. The van der Waals surface area contributed by atoms with Crippen LogP contribution < -0.4 is 14.2 Å². The van der Waals surface area contributed by atoms with Gasteiger partial charge in [-0.05, 0) is 48.1 Å². The van der Waals surface area contributed by atoms with E-state index >= 15 is 0 Å². The lowest BCUT2D eigenvalue weighted by molar-refractivity contribution is -0.131. The number of para-hydroxylation sites is 1. The van der Waals surface area contributed by atoms with E-state index in [1.807, 2.05) is 23.1 Å². The number of likely N-dealkylation sites (tertiary alicyclic amines) is 1. The molecule has 1 aliphatic rings. The maximum absolute atomic E-state index is 12.9. The number of aromatic amines is 1. The molecule has 4 rings (SSSR count). The summed E-state index contributed by atoms with van der Waals surface area (Å²) in [6.45, 7) is 1.54. The van der Waals surface area contributed by atoms with Crippen molar-refractivity contribution in [2.24, 2.45) is 0 Å². The fourth-order valence-corrected chi connectivity index (χ4v) is 4.40. The SMILES string of the molecule is COc1cc(CC(=O)N2CCC(c3c[nH]c4ccccc34)CC2)cc(OC)c1OC. The molecule has 1 saturated heterocycles. The van der Waals surface area contributed by atoms with Crippen LogP contribution in [-0.4, -0.2) is 50.2 Å². The number of hydrogen-bond acceptors (Lipinski definition) is 4. The van der Waals surface area contributed by atoms with Crippen molar-refractivity contribution in [3.8, 4) is 17.2 Å². The van der Waals surface area contributed by atoms with Crippen molar-refractivity contribution in [1.29, 1.82) is 0 Å². The van der Waals surface area contributed by atoms with Gasteiger partial charge >= 0.3 is 0 Å². The van der Waals surface area contributed by atoms with E-state index in [9.17, 15) is 4.79 Å². The topological polar surface area (TPSA) is 63.8 Å². The quantitative estimate of drug-likeness (QED) is 0.666. The van der Waals surface area contributed by atoms with Crippen LogP contribution in [0.15, 0.2) is 42.6 Å². The number of carbonyl (C=O) groups excluding carboxylic acids is 1. The van der Waals surface area contributed by atoms with E-state index in [4.69, 9.17) is 14.2 Å². The summed E-state index contributed by atoms with van der Waals surface area (Å²) in [5.41, 5.74) is 3.39. The predicted octanol–water partition coefficient (Wildman–Crippen LogP) is 4.14. The number of H-pyrrole nitrogens is 1. The third-order valence-electron chi connectivity index (χ3n) is 5.99. The van der Waals surface area contributed by atoms with E-state index < -0.39 is 0 Å². The van der Waals surface area contributed by atoms with Crippen LogP contribution in [0.5, 0.6) is 17.2 Å². The van der Waals surface area contributed by atoms with Gasteiger partial charge in [0.05, 0.1) is 27.8 Å². The number of carbonyl (C=O) groups is 1. The van der Waals surface area contributed by atoms with Gasteiger partial charge in [0.2, 0.25) is 11.7 Å². The lowest BCUT2D eigenvalue weighted by atomic mass is 9.89. The number of methoxy groups -OCH3 is 3. The average Bonchev–Trinajstić information content (AvgIpc) is 3.22. The highest BCUT2D eigenvalue weighted by Gasteiger charge is 2.26. The number of rotatable bonds is 6. The van der Waals surface area contributed by atoms with Crippen LogP contribution in [0.25, 0.3) is 10.9 Å². The fourth-order valence-electron chi connectivity index (χ4n) is 4.40. The van der Waals surface area contributed by atoms with Crippen LogP contribution in [0.3, 0.4) is 0 Å². The summed E-state index contributed by atoms with van der Waals surface area (Å²) in [4.78, 5) is 18.3. The second-order valence-corrected chi connectivity index (χ2v) is 7.66. The summed E-state index contributed by atoms with van der Waals surface area (Å²) >= 11 is 0. The Morgan fingerprint density at radius 2 is 1.70 bits per heavy atom. The van der Waals surface area contributed by atoms with E-state index in [-0.39, 0.29) is 5.91 Å². The summed E-state index contributed by atoms with van der Waals surface area (Å²) in [5, 5.41) is 1.29. The molecule has 0 bridgehead atoms. The third-order valence-corrected chi connectivity index (χ3v) is 5.99. The summed E-state index contributed by atoms with van der Waals surface area (Å²) in [5.74, 6) is 2.28. The molecule has 1 aromatic heterocycles. The zero-order chi connectivity index (χ0) is 21.1. The number of piperidine rings is 1. The van der Waals surface area contributed by atoms with Crippen molar-refractivity contribution in [3.63, 3.8) is 0 Å². The molecule has 2 heterocycles. The van der Waals surface area contributed by atoms with Crippen LogP contribution in [0, 0.1) is 0 Å². The van der Waals surface area contributed by atoms with Gasteiger partial charge in [-0.1, -0.05) is 18.2 Å². The number of amides is 1. The molecule has 1 amide bonds. The molecule has 158 valence electrons. The predicted molar refractivity (Wildman–Crippen MR) is 117 cm³/mol. The first-order valence-corrected chi connectivity index (χ1v) is 10.3. The lowest BCUT2D eigenvalue weighted by Crippen LogP contribution is -2.38. The number of aromatic nitrogens is 1. The van der Waals surface area contributed by atoms with E-state index in [2.05, 4.69) is 29.4 Å². The molecular weight excluding hydrogens is 380 g/mol. The Hall–Kier alpha value is -3.15. The Balaban J connectivity index is 1.42. The van der Waals surface area contributed by atoms with Gasteiger partial charge in [-0.2, -0.15) is 0 Å². The molecule has 6 heteroatoms. The molecule has 30 heavy (non-hydrogen) atoms. The standard InChI is InChI=1S/C24H28N2O4/c1-28-21-12-16(13-22(29-2)24(21)30-3)14-23(27)26-10-8-17(9-11-26)19-15-25-20-7-5-4-6-18(19)20/h4-7,12-13,15,17,25H,8-11,14H2,1-3H3. The highest BCUT2D eigenvalue weighted by atomic mass is 16.5. The Kier molecular flexibility index (Phi) is 5.84. The van der Waals surface area contributed by atoms with E-state index in [1.54, 1.807) is 21.3 Å².